The number of halogens is 3. The van der Waals surface area contributed by atoms with Crippen molar-refractivity contribution in [2.75, 3.05) is 24.6 Å². The number of hydrogen-bond donors (Lipinski definition) is 0. The summed E-state index contributed by atoms with van der Waals surface area (Å²) in [6.07, 6.45) is -4.23. The van der Waals surface area contributed by atoms with Gasteiger partial charge in [0.05, 0.1) is 5.69 Å². The van der Waals surface area contributed by atoms with E-state index >= 15 is 0 Å². The predicted octanol–water partition coefficient (Wildman–Crippen LogP) is 1.90. The Morgan fingerprint density at radius 1 is 1.21 bits per heavy atom. The lowest BCUT2D eigenvalue weighted by molar-refractivity contribution is -0.241. The van der Waals surface area contributed by atoms with Crippen LogP contribution in [0.1, 0.15) is 12.8 Å². The molecule has 6 nitrogen and oxygen atoms in total. The molecule has 3 rings (SSSR count). The SMILES string of the molecule is O=C1COc2ccccc2N1C1CCN(OC(=O)C(F)(F)F)CC1. The second kappa shape index (κ2) is 6.31. The first-order chi connectivity index (χ1) is 11.4. The molecule has 1 fully saturated rings. The van der Waals surface area contributed by atoms with Gasteiger partial charge in [-0.25, -0.2) is 4.79 Å². The molecule has 130 valence electrons. The topological polar surface area (TPSA) is 59.1 Å². The lowest BCUT2D eigenvalue weighted by Gasteiger charge is -2.39. The van der Waals surface area contributed by atoms with Crippen molar-refractivity contribution in [3.05, 3.63) is 24.3 Å². The van der Waals surface area contributed by atoms with Crippen molar-refractivity contribution in [2.24, 2.45) is 0 Å². The molecule has 0 spiro atoms. The van der Waals surface area contributed by atoms with Gasteiger partial charge in [0.15, 0.2) is 6.61 Å². The number of alkyl halides is 3. The van der Waals surface area contributed by atoms with E-state index in [-0.39, 0.29) is 31.6 Å². The molecule has 0 bridgehead atoms. The second-order valence-electron chi connectivity index (χ2n) is 5.56. The third kappa shape index (κ3) is 3.30. The van der Waals surface area contributed by atoms with E-state index in [1.54, 1.807) is 29.2 Å². The molecule has 0 aromatic heterocycles. The quantitative estimate of drug-likeness (QED) is 0.820. The molecule has 0 aliphatic carbocycles. The van der Waals surface area contributed by atoms with Gasteiger partial charge in [-0.2, -0.15) is 13.2 Å². The van der Waals surface area contributed by atoms with E-state index in [1.165, 1.54) is 0 Å². The van der Waals surface area contributed by atoms with Gasteiger partial charge in [-0.05, 0) is 25.0 Å². The van der Waals surface area contributed by atoms with Crippen molar-refractivity contribution in [3.63, 3.8) is 0 Å². The van der Waals surface area contributed by atoms with Crippen LogP contribution in [0.15, 0.2) is 24.3 Å². The van der Waals surface area contributed by atoms with E-state index in [4.69, 9.17) is 4.74 Å². The summed E-state index contributed by atoms with van der Waals surface area (Å²) in [6.45, 7) is 0.179. The van der Waals surface area contributed by atoms with Gasteiger partial charge in [0, 0.05) is 19.1 Å². The lowest BCUT2D eigenvalue weighted by Crippen LogP contribution is -2.51. The fourth-order valence-corrected chi connectivity index (χ4v) is 2.88. The second-order valence-corrected chi connectivity index (χ2v) is 5.56. The maximum absolute atomic E-state index is 12.2. The van der Waals surface area contributed by atoms with Gasteiger partial charge in [-0.1, -0.05) is 12.1 Å². The number of ether oxygens (including phenoxy) is 1. The van der Waals surface area contributed by atoms with Crippen LogP contribution in [0, 0.1) is 0 Å². The largest absolute Gasteiger partial charge is 0.492 e. The van der Waals surface area contributed by atoms with Crippen LogP contribution in [-0.2, 0) is 14.4 Å². The Balaban J connectivity index is 1.65. The molecule has 1 saturated heterocycles. The zero-order valence-corrected chi connectivity index (χ0v) is 12.6. The average Bonchev–Trinajstić information content (AvgIpc) is 2.55. The van der Waals surface area contributed by atoms with Crippen molar-refractivity contribution in [1.82, 2.24) is 5.06 Å². The van der Waals surface area contributed by atoms with Crippen LogP contribution in [0.4, 0.5) is 18.9 Å². The number of nitrogens with zero attached hydrogens (tertiary/aromatic N) is 2. The maximum Gasteiger partial charge on any atom is 0.492 e. The summed E-state index contributed by atoms with van der Waals surface area (Å²) in [4.78, 5) is 29.0. The molecule has 0 unspecified atom stereocenters. The lowest BCUT2D eigenvalue weighted by atomic mass is 10.0. The van der Waals surface area contributed by atoms with Crippen LogP contribution in [0.5, 0.6) is 5.75 Å². The molecule has 2 aliphatic heterocycles. The molecule has 2 heterocycles. The van der Waals surface area contributed by atoms with E-state index in [2.05, 4.69) is 4.84 Å². The van der Waals surface area contributed by atoms with Crippen LogP contribution in [0.25, 0.3) is 0 Å². The Hall–Kier alpha value is -2.29. The van der Waals surface area contributed by atoms with E-state index in [0.29, 0.717) is 24.3 Å². The summed E-state index contributed by atoms with van der Waals surface area (Å²) < 4.78 is 42.0. The monoisotopic (exact) mass is 344 g/mol. The maximum atomic E-state index is 12.2. The molecule has 1 amide bonds. The Bertz CT molecular complexity index is 642. The zero-order valence-electron chi connectivity index (χ0n) is 12.6. The molecule has 24 heavy (non-hydrogen) atoms. The molecule has 2 aliphatic rings. The van der Waals surface area contributed by atoms with Gasteiger partial charge in [-0.15, -0.1) is 5.06 Å². The van der Waals surface area contributed by atoms with Crippen molar-refractivity contribution in [3.8, 4) is 5.75 Å². The minimum absolute atomic E-state index is 0.0692. The van der Waals surface area contributed by atoms with Crippen molar-refractivity contribution < 1.29 is 32.3 Å². The number of fused-ring (bicyclic) bond motifs is 1. The highest BCUT2D eigenvalue weighted by Gasteiger charge is 2.43. The number of carbonyl (C=O) groups excluding carboxylic acids is 2. The molecular formula is C15H15F3N2O4. The summed E-state index contributed by atoms with van der Waals surface area (Å²) >= 11 is 0. The minimum Gasteiger partial charge on any atom is -0.482 e. The summed E-state index contributed by atoms with van der Waals surface area (Å²) in [5.41, 5.74) is 0.652. The highest BCUT2D eigenvalue weighted by Crippen LogP contribution is 2.35. The fourth-order valence-electron chi connectivity index (χ4n) is 2.88. The first kappa shape index (κ1) is 16.6. The van der Waals surface area contributed by atoms with Crippen LogP contribution in [-0.4, -0.2) is 48.9 Å². The Labute approximate surface area is 135 Å². The number of rotatable bonds is 2. The number of carbonyl (C=O) groups is 2. The number of hydroxylamine groups is 2. The number of para-hydroxylation sites is 2. The Morgan fingerprint density at radius 2 is 1.88 bits per heavy atom. The number of anilines is 1. The smallest absolute Gasteiger partial charge is 0.482 e. The van der Waals surface area contributed by atoms with Gasteiger partial charge in [0.2, 0.25) is 0 Å². The predicted molar refractivity (Wildman–Crippen MR) is 76.2 cm³/mol. The van der Waals surface area contributed by atoms with Crippen molar-refractivity contribution >= 4 is 17.6 Å². The molecule has 0 atom stereocenters. The van der Waals surface area contributed by atoms with Gasteiger partial charge >= 0.3 is 12.1 Å². The normalized spacial score (nSPS) is 19.6. The Morgan fingerprint density at radius 3 is 2.54 bits per heavy atom. The molecule has 1 aromatic rings. The molecule has 9 heteroatoms. The number of piperidine rings is 1. The highest BCUT2D eigenvalue weighted by atomic mass is 19.4. The van der Waals surface area contributed by atoms with E-state index in [9.17, 15) is 22.8 Å². The third-order valence-corrected chi connectivity index (χ3v) is 3.98. The summed E-state index contributed by atoms with van der Waals surface area (Å²) in [6, 6.07) is 6.93. The van der Waals surface area contributed by atoms with Crippen LogP contribution < -0.4 is 9.64 Å². The van der Waals surface area contributed by atoms with Crippen LogP contribution >= 0.6 is 0 Å². The number of hydrogen-bond acceptors (Lipinski definition) is 5. The molecule has 0 N–H and O–H groups in total. The van der Waals surface area contributed by atoms with Gasteiger partial charge < -0.3 is 14.5 Å². The van der Waals surface area contributed by atoms with E-state index in [0.717, 1.165) is 5.06 Å². The van der Waals surface area contributed by atoms with Crippen LogP contribution in [0.3, 0.4) is 0 Å². The van der Waals surface area contributed by atoms with Crippen LogP contribution in [0.2, 0.25) is 0 Å². The minimum atomic E-state index is -5.02. The average molecular weight is 344 g/mol. The summed E-state index contributed by atoms with van der Waals surface area (Å²) in [5, 5.41) is 0.989. The molecular weight excluding hydrogens is 329 g/mol. The first-order valence-corrected chi connectivity index (χ1v) is 7.44. The molecule has 1 aromatic carbocycles. The third-order valence-electron chi connectivity index (χ3n) is 3.98. The standard InChI is InChI=1S/C15H15F3N2O4/c16-15(17,18)14(22)24-19-7-5-10(6-8-19)20-11-3-1-2-4-12(11)23-9-13(20)21/h1-4,10H,5-9H2. The van der Waals surface area contributed by atoms with Gasteiger partial charge in [0.1, 0.15) is 5.75 Å². The first-order valence-electron chi connectivity index (χ1n) is 7.44. The molecule has 0 saturated carbocycles. The van der Waals surface area contributed by atoms with Gasteiger partial charge in [0.25, 0.3) is 5.91 Å². The summed E-state index contributed by atoms with van der Waals surface area (Å²) in [5.74, 6) is -1.82. The van der Waals surface area contributed by atoms with Crippen molar-refractivity contribution in [2.45, 2.75) is 25.1 Å². The number of amides is 1. The summed E-state index contributed by atoms with van der Waals surface area (Å²) in [7, 11) is 0. The molecule has 0 radical (unpaired) electrons. The zero-order chi connectivity index (χ0) is 17.3. The highest BCUT2D eigenvalue weighted by molar-refractivity contribution is 5.98. The Kier molecular flexibility index (Phi) is 4.35. The van der Waals surface area contributed by atoms with E-state index in [1.807, 2.05) is 0 Å². The van der Waals surface area contributed by atoms with Gasteiger partial charge in [-0.3, -0.25) is 4.79 Å². The van der Waals surface area contributed by atoms with Crippen molar-refractivity contribution in [1.29, 1.82) is 0 Å². The van der Waals surface area contributed by atoms with E-state index < -0.39 is 12.1 Å². The fraction of sp³-hybridized carbons (Fsp3) is 0.467. The number of benzene rings is 1.